The Balaban J connectivity index is 1.82. The second-order valence-electron chi connectivity index (χ2n) is 6.27. The summed E-state index contributed by atoms with van der Waals surface area (Å²) in [4.78, 5) is 25.2. The lowest BCUT2D eigenvalue weighted by atomic mass is 10.0. The first kappa shape index (κ1) is 17.3. The number of nitrogens with zero attached hydrogens (tertiary/aromatic N) is 2. The van der Waals surface area contributed by atoms with Crippen molar-refractivity contribution < 1.29 is 14.3 Å². The number of amides is 2. The van der Waals surface area contributed by atoms with Gasteiger partial charge >= 0.3 is 0 Å². The lowest BCUT2D eigenvalue weighted by Gasteiger charge is -2.34. The van der Waals surface area contributed by atoms with Gasteiger partial charge in [0.25, 0.3) is 17.4 Å². The molecule has 0 saturated heterocycles. The third-order valence-electron chi connectivity index (χ3n) is 4.24. The number of nitrogens with one attached hydrogen (secondary N) is 2. The maximum absolute atomic E-state index is 12.8. The van der Waals surface area contributed by atoms with E-state index in [1.165, 1.54) is 6.92 Å². The number of ether oxygens (including phenoxy) is 1. The van der Waals surface area contributed by atoms with E-state index in [1.54, 1.807) is 22.9 Å². The molecule has 25 heavy (non-hydrogen) atoms. The number of fused-ring (bicyclic) bond motifs is 1. The van der Waals surface area contributed by atoms with Crippen LogP contribution in [0, 0.1) is 6.92 Å². The van der Waals surface area contributed by atoms with E-state index in [0.717, 1.165) is 11.3 Å². The van der Waals surface area contributed by atoms with Crippen LogP contribution < -0.4 is 15.4 Å². The molecule has 0 radical (unpaired) electrons. The molecular weight excluding hydrogens is 344 g/mol. The number of carbonyl (C=O) groups is 2. The molecule has 2 heterocycles. The molecule has 132 valence electrons. The van der Waals surface area contributed by atoms with Crippen molar-refractivity contribution >= 4 is 29.1 Å². The first-order valence-corrected chi connectivity index (χ1v) is 8.19. The number of anilines is 1. The fraction of sp³-hybridized carbons (Fsp3) is 0.353. The van der Waals surface area contributed by atoms with E-state index in [2.05, 4.69) is 15.7 Å². The lowest BCUT2D eigenvalue weighted by molar-refractivity contribution is -0.147. The minimum atomic E-state index is -1.68. The molecular formula is C17H19ClN4O3. The van der Waals surface area contributed by atoms with Crippen molar-refractivity contribution in [1.29, 1.82) is 0 Å². The Kier molecular flexibility index (Phi) is 4.20. The second-order valence-corrected chi connectivity index (χ2v) is 6.71. The molecule has 3 rings (SSSR count). The number of rotatable bonds is 3. The Morgan fingerprint density at radius 1 is 1.48 bits per heavy atom. The van der Waals surface area contributed by atoms with E-state index in [-0.39, 0.29) is 6.04 Å². The Morgan fingerprint density at radius 2 is 2.20 bits per heavy atom. The summed E-state index contributed by atoms with van der Waals surface area (Å²) in [6, 6.07) is 4.52. The largest absolute Gasteiger partial charge is 0.466 e. The molecule has 0 saturated carbocycles. The Bertz CT molecular complexity index is 864. The van der Waals surface area contributed by atoms with Crippen molar-refractivity contribution in [3.63, 3.8) is 0 Å². The molecule has 0 aliphatic carbocycles. The molecule has 2 amide bonds. The van der Waals surface area contributed by atoms with Crippen molar-refractivity contribution in [3.8, 4) is 5.75 Å². The van der Waals surface area contributed by atoms with E-state index < -0.39 is 17.4 Å². The summed E-state index contributed by atoms with van der Waals surface area (Å²) in [7, 11) is 1.81. The van der Waals surface area contributed by atoms with E-state index >= 15 is 0 Å². The summed E-state index contributed by atoms with van der Waals surface area (Å²) < 4.78 is 7.40. The molecule has 7 nitrogen and oxygen atoms in total. The average molecular weight is 363 g/mol. The molecule has 2 atom stereocenters. The fourth-order valence-electron chi connectivity index (χ4n) is 2.80. The van der Waals surface area contributed by atoms with Gasteiger partial charge in [0.2, 0.25) is 0 Å². The molecule has 2 aromatic rings. The molecule has 1 aliphatic heterocycles. The van der Waals surface area contributed by atoms with E-state index in [0.29, 0.717) is 16.5 Å². The zero-order valence-electron chi connectivity index (χ0n) is 14.4. The van der Waals surface area contributed by atoms with Gasteiger partial charge in [-0.05, 0) is 39.0 Å². The molecule has 1 aromatic heterocycles. The lowest BCUT2D eigenvalue weighted by Crippen LogP contribution is -2.59. The van der Waals surface area contributed by atoms with Crippen molar-refractivity contribution in [2.75, 3.05) is 5.32 Å². The molecule has 8 heteroatoms. The maximum Gasteiger partial charge on any atom is 0.278 e. The van der Waals surface area contributed by atoms with Crippen molar-refractivity contribution in [1.82, 2.24) is 15.1 Å². The topological polar surface area (TPSA) is 85.2 Å². The van der Waals surface area contributed by atoms with Gasteiger partial charge < -0.3 is 15.4 Å². The zero-order chi connectivity index (χ0) is 18.4. The van der Waals surface area contributed by atoms with Gasteiger partial charge in [-0.15, -0.1) is 0 Å². The molecule has 0 spiro atoms. The average Bonchev–Trinajstić information content (AvgIpc) is 2.87. The van der Waals surface area contributed by atoms with Crippen molar-refractivity contribution in [2.24, 2.45) is 7.05 Å². The SMILES string of the molecule is Cc1nn(C)cc1C(C)NC(=O)C1(C)Oc2ccc(Cl)cc2NC1=O. The minimum absolute atomic E-state index is 0.318. The van der Waals surface area contributed by atoms with Crippen LogP contribution in [-0.2, 0) is 16.6 Å². The molecule has 1 aromatic carbocycles. The van der Waals surface area contributed by atoms with Crippen LogP contribution in [0.5, 0.6) is 5.75 Å². The van der Waals surface area contributed by atoms with Gasteiger partial charge in [-0.1, -0.05) is 11.6 Å². The number of hydrogen-bond acceptors (Lipinski definition) is 4. The highest BCUT2D eigenvalue weighted by Crippen LogP contribution is 2.35. The van der Waals surface area contributed by atoms with Crippen LogP contribution in [0.4, 0.5) is 5.69 Å². The summed E-state index contributed by atoms with van der Waals surface area (Å²) >= 11 is 5.92. The van der Waals surface area contributed by atoms with Crippen LogP contribution in [0.1, 0.15) is 31.1 Å². The first-order chi connectivity index (χ1) is 11.7. The zero-order valence-corrected chi connectivity index (χ0v) is 15.1. The van der Waals surface area contributed by atoms with Crippen molar-refractivity contribution in [2.45, 2.75) is 32.4 Å². The van der Waals surface area contributed by atoms with Gasteiger partial charge in [0.1, 0.15) is 5.75 Å². The van der Waals surface area contributed by atoms with Crippen molar-refractivity contribution in [3.05, 3.63) is 40.7 Å². The highest BCUT2D eigenvalue weighted by atomic mass is 35.5. The van der Waals surface area contributed by atoms with Crippen LogP contribution in [0.3, 0.4) is 0 Å². The monoisotopic (exact) mass is 362 g/mol. The Labute approximate surface area is 150 Å². The summed E-state index contributed by atoms with van der Waals surface area (Å²) in [5, 5.41) is 10.2. The van der Waals surface area contributed by atoms with Gasteiger partial charge in [0.15, 0.2) is 0 Å². The number of benzene rings is 1. The molecule has 2 N–H and O–H groups in total. The van der Waals surface area contributed by atoms with E-state index in [9.17, 15) is 9.59 Å². The predicted molar refractivity (Wildman–Crippen MR) is 93.6 cm³/mol. The number of carbonyl (C=O) groups excluding carboxylic acids is 2. The van der Waals surface area contributed by atoms with Crippen LogP contribution in [0.2, 0.25) is 5.02 Å². The van der Waals surface area contributed by atoms with Crippen LogP contribution in [0.25, 0.3) is 0 Å². The van der Waals surface area contributed by atoms with Crippen LogP contribution in [-0.4, -0.2) is 27.2 Å². The summed E-state index contributed by atoms with van der Waals surface area (Å²) in [5.74, 6) is -0.678. The number of aryl methyl sites for hydroxylation is 2. The van der Waals surface area contributed by atoms with Gasteiger partial charge in [0, 0.05) is 23.8 Å². The Hall–Kier alpha value is -2.54. The molecule has 1 aliphatic rings. The third kappa shape index (κ3) is 3.07. The number of halogens is 1. The first-order valence-electron chi connectivity index (χ1n) is 7.82. The van der Waals surface area contributed by atoms with Gasteiger partial charge in [-0.2, -0.15) is 5.10 Å². The van der Waals surface area contributed by atoms with E-state index in [4.69, 9.17) is 16.3 Å². The second kappa shape index (κ2) is 6.07. The minimum Gasteiger partial charge on any atom is -0.466 e. The molecule has 0 bridgehead atoms. The fourth-order valence-corrected chi connectivity index (χ4v) is 2.97. The summed E-state index contributed by atoms with van der Waals surface area (Å²) in [6.45, 7) is 5.14. The van der Waals surface area contributed by atoms with Gasteiger partial charge in [-0.3, -0.25) is 14.3 Å². The quantitative estimate of drug-likeness (QED) is 0.821. The Morgan fingerprint density at radius 3 is 2.84 bits per heavy atom. The number of aromatic nitrogens is 2. The normalized spacial score (nSPS) is 20.3. The highest BCUT2D eigenvalue weighted by molar-refractivity contribution is 6.31. The summed E-state index contributed by atoms with van der Waals surface area (Å²) in [5.41, 5.74) is 0.460. The van der Waals surface area contributed by atoms with Gasteiger partial charge in [-0.25, -0.2) is 0 Å². The van der Waals surface area contributed by atoms with E-state index in [1.807, 2.05) is 27.1 Å². The van der Waals surface area contributed by atoms with Crippen LogP contribution >= 0.6 is 11.6 Å². The third-order valence-corrected chi connectivity index (χ3v) is 4.47. The molecule has 0 fully saturated rings. The van der Waals surface area contributed by atoms with Gasteiger partial charge in [0.05, 0.1) is 17.4 Å². The molecule has 2 unspecified atom stereocenters. The summed E-state index contributed by atoms with van der Waals surface area (Å²) in [6.07, 6.45) is 1.84. The predicted octanol–water partition coefficient (Wildman–Crippen LogP) is 2.35. The van der Waals surface area contributed by atoms with Crippen LogP contribution in [0.15, 0.2) is 24.4 Å². The number of hydrogen-bond donors (Lipinski definition) is 2. The maximum atomic E-state index is 12.8. The smallest absolute Gasteiger partial charge is 0.278 e. The highest BCUT2D eigenvalue weighted by Gasteiger charge is 2.47. The standard InChI is InChI=1S/C17H19ClN4O3/c1-9(12-8-22(4)21-10(12)2)19-15(23)17(3)16(24)20-13-7-11(18)5-6-14(13)25-17/h5-9H,1-4H3,(H,19,23)(H,20,24).